The monoisotopic (exact) mass is 389 g/mol. The van der Waals surface area contributed by atoms with Gasteiger partial charge in [0.2, 0.25) is 0 Å². The molecule has 3 rings (SSSR count). The van der Waals surface area contributed by atoms with Gasteiger partial charge in [-0.1, -0.05) is 29.4 Å². The average molecular weight is 389 g/mol. The van der Waals surface area contributed by atoms with Crippen LogP contribution in [0.3, 0.4) is 0 Å². The number of aromatic nitrogens is 1. The van der Waals surface area contributed by atoms with Gasteiger partial charge in [-0.25, -0.2) is 12.8 Å². The molecule has 3 aromatic rings. The SMILES string of the molecule is Cc1cc(NS(=O)(=O)c2cccc(C(=O)NCc3ccccc3F)c2)no1. The third-order valence-corrected chi connectivity index (χ3v) is 5.02. The Morgan fingerprint density at radius 3 is 2.63 bits per heavy atom. The lowest BCUT2D eigenvalue weighted by molar-refractivity contribution is 0.0950. The highest BCUT2D eigenvalue weighted by molar-refractivity contribution is 7.92. The van der Waals surface area contributed by atoms with Gasteiger partial charge in [-0.3, -0.25) is 9.52 Å². The maximum absolute atomic E-state index is 13.6. The smallest absolute Gasteiger partial charge is 0.263 e. The fourth-order valence-electron chi connectivity index (χ4n) is 2.33. The predicted octanol–water partition coefficient (Wildman–Crippen LogP) is 2.85. The fourth-order valence-corrected chi connectivity index (χ4v) is 3.36. The molecule has 1 amide bonds. The minimum atomic E-state index is -3.94. The van der Waals surface area contributed by atoms with Crippen molar-refractivity contribution in [3.63, 3.8) is 0 Å². The Bertz CT molecular complexity index is 1080. The van der Waals surface area contributed by atoms with Crippen molar-refractivity contribution in [1.29, 1.82) is 0 Å². The molecule has 27 heavy (non-hydrogen) atoms. The minimum absolute atomic E-state index is 0.0149. The molecule has 0 saturated heterocycles. The van der Waals surface area contributed by atoms with E-state index in [-0.39, 0.29) is 22.8 Å². The largest absolute Gasteiger partial charge is 0.360 e. The maximum Gasteiger partial charge on any atom is 0.263 e. The van der Waals surface area contributed by atoms with E-state index in [1.165, 1.54) is 36.4 Å². The predicted molar refractivity (Wildman–Crippen MR) is 96.1 cm³/mol. The number of amides is 1. The summed E-state index contributed by atoms with van der Waals surface area (Å²) < 4.78 is 45.6. The number of carbonyl (C=O) groups excluding carboxylic acids is 1. The van der Waals surface area contributed by atoms with Crippen molar-refractivity contribution in [1.82, 2.24) is 10.5 Å². The van der Waals surface area contributed by atoms with Gasteiger partial charge in [-0.15, -0.1) is 0 Å². The zero-order valence-electron chi connectivity index (χ0n) is 14.3. The molecule has 0 radical (unpaired) electrons. The van der Waals surface area contributed by atoms with Gasteiger partial charge in [0.15, 0.2) is 5.82 Å². The van der Waals surface area contributed by atoms with Gasteiger partial charge in [0.1, 0.15) is 11.6 Å². The molecule has 0 aliphatic rings. The molecule has 2 aromatic carbocycles. The summed E-state index contributed by atoms with van der Waals surface area (Å²) in [5.41, 5.74) is 0.461. The Morgan fingerprint density at radius 2 is 1.93 bits per heavy atom. The summed E-state index contributed by atoms with van der Waals surface area (Å²) in [5, 5.41) is 6.14. The van der Waals surface area contributed by atoms with Crippen molar-refractivity contribution < 1.29 is 22.1 Å². The molecule has 0 unspecified atom stereocenters. The number of hydrogen-bond donors (Lipinski definition) is 2. The van der Waals surface area contributed by atoms with Crippen LogP contribution in [0.15, 0.2) is 64.0 Å². The van der Waals surface area contributed by atoms with Crippen LogP contribution in [0.1, 0.15) is 21.7 Å². The molecule has 2 N–H and O–H groups in total. The van der Waals surface area contributed by atoms with Crippen LogP contribution in [0.4, 0.5) is 10.2 Å². The van der Waals surface area contributed by atoms with Crippen LogP contribution >= 0.6 is 0 Å². The van der Waals surface area contributed by atoms with Crippen LogP contribution in [0.2, 0.25) is 0 Å². The van der Waals surface area contributed by atoms with Crippen LogP contribution in [0, 0.1) is 12.7 Å². The second-order valence-electron chi connectivity index (χ2n) is 5.73. The van der Waals surface area contributed by atoms with Crippen LogP contribution in [0.25, 0.3) is 0 Å². The highest BCUT2D eigenvalue weighted by Gasteiger charge is 2.18. The lowest BCUT2D eigenvalue weighted by Gasteiger charge is -2.09. The minimum Gasteiger partial charge on any atom is -0.360 e. The van der Waals surface area contributed by atoms with Gasteiger partial charge in [0.25, 0.3) is 15.9 Å². The molecule has 0 saturated carbocycles. The number of halogens is 1. The number of carbonyl (C=O) groups is 1. The summed E-state index contributed by atoms with van der Waals surface area (Å²) in [7, 11) is -3.94. The van der Waals surface area contributed by atoms with Crippen LogP contribution in [0.5, 0.6) is 0 Å². The van der Waals surface area contributed by atoms with Crippen LogP contribution < -0.4 is 10.0 Å². The number of nitrogens with one attached hydrogen (secondary N) is 2. The first kappa shape index (κ1) is 18.6. The Hall–Kier alpha value is -3.20. The molecule has 0 spiro atoms. The zero-order valence-corrected chi connectivity index (χ0v) is 15.1. The lowest BCUT2D eigenvalue weighted by Crippen LogP contribution is -2.23. The van der Waals surface area contributed by atoms with Crippen molar-refractivity contribution in [2.24, 2.45) is 0 Å². The van der Waals surface area contributed by atoms with Gasteiger partial charge in [0.05, 0.1) is 4.90 Å². The van der Waals surface area contributed by atoms with Crippen molar-refractivity contribution >= 4 is 21.7 Å². The van der Waals surface area contributed by atoms with Gasteiger partial charge in [-0.05, 0) is 31.2 Å². The quantitative estimate of drug-likeness (QED) is 0.675. The summed E-state index contributed by atoms with van der Waals surface area (Å²) in [6.07, 6.45) is 0. The van der Waals surface area contributed by atoms with Crippen LogP contribution in [-0.4, -0.2) is 19.5 Å². The Kier molecular flexibility index (Phi) is 5.22. The molecule has 1 heterocycles. The Labute approximate surface area is 155 Å². The number of aryl methyl sites for hydroxylation is 1. The van der Waals surface area contributed by atoms with Crippen molar-refractivity contribution in [2.45, 2.75) is 18.4 Å². The van der Waals surface area contributed by atoms with E-state index in [0.717, 1.165) is 0 Å². The number of nitrogens with zero attached hydrogens (tertiary/aromatic N) is 1. The van der Waals surface area contributed by atoms with Gasteiger partial charge in [0, 0.05) is 23.7 Å². The molecule has 0 aliphatic carbocycles. The van der Waals surface area contributed by atoms with E-state index < -0.39 is 21.7 Å². The lowest BCUT2D eigenvalue weighted by atomic mass is 10.2. The third kappa shape index (κ3) is 4.50. The summed E-state index contributed by atoms with van der Waals surface area (Å²) in [6, 6.07) is 13.0. The van der Waals surface area contributed by atoms with Crippen molar-refractivity contribution in [3.8, 4) is 0 Å². The summed E-state index contributed by atoms with van der Waals surface area (Å²) in [4.78, 5) is 12.2. The second-order valence-corrected chi connectivity index (χ2v) is 7.41. The topological polar surface area (TPSA) is 101 Å². The molecule has 0 fully saturated rings. The molecular formula is C18H16FN3O4S. The molecule has 0 bridgehead atoms. The molecule has 0 atom stereocenters. The normalized spacial score (nSPS) is 11.2. The number of sulfonamides is 1. The van der Waals surface area contributed by atoms with Gasteiger partial charge >= 0.3 is 0 Å². The van der Waals surface area contributed by atoms with Gasteiger partial charge < -0.3 is 9.84 Å². The van der Waals surface area contributed by atoms with E-state index in [0.29, 0.717) is 11.3 Å². The molecule has 1 aromatic heterocycles. The standard InChI is InChI=1S/C18H16FN3O4S/c1-12-9-17(21-26-12)22-27(24,25)15-7-4-6-13(10-15)18(23)20-11-14-5-2-3-8-16(14)19/h2-10H,11H2,1H3,(H,20,23)(H,21,22). The van der Waals surface area contributed by atoms with E-state index in [2.05, 4.69) is 15.2 Å². The Balaban J connectivity index is 1.74. The number of rotatable bonds is 6. The summed E-state index contributed by atoms with van der Waals surface area (Å²) >= 11 is 0. The first-order valence-corrected chi connectivity index (χ1v) is 9.41. The van der Waals surface area contributed by atoms with E-state index in [1.807, 2.05) is 0 Å². The third-order valence-electron chi connectivity index (χ3n) is 3.67. The molecular weight excluding hydrogens is 373 g/mol. The highest BCUT2D eigenvalue weighted by Crippen LogP contribution is 2.17. The van der Waals surface area contributed by atoms with E-state index >= 15 is 0 Å². The van der Waals surface area contributed by atoms with E-state index in [9.17, 15) is 17.6 Å². The van der Waals surface area contributed by atoms with Crippen molar-refractivity contribution in [3.05, 3.63) is 77.3 Å². The number of anilines is 1. The zero-order chi connectivity index (χ0) is 19.4. The fraction of sp³-hybridized carbons (Fsp3) is 0.111. The van der Waals surface area contributed by atoms with Gasteiger partial charge in [-0.2, -0.15) is 0 Å². The van der Waals surface area contributed by atoms with Crippen LogP contribution in [-0.2, 0) is 16.6 Å². The van der Waals surface area contributed by atoms with E-state index in [4.69, 9.17) is 4.52 Å². The summed E-state index contributed by atoms with van der Waals surface area (Å²) in [5.74, 6) is -0.454. The molecule has 0 aliphatic heterocycles. The average Bonchev–Trinajstić information content (AvgIpc) is 3.05. The number of hydrogen-bond acceptors (Lipinski definition) is 5. The molecule has 140 valence electrons. The Morgan fingerprint density at radius 1 is 1.15 bits per heavy atom. The highest BCUT2D eigenvalue weighted by atomic mass is 32.2. The first-order valence-electron chi connectivity index (χ1n) is 7.93. The van der Waals surface area contributed by atoms with Crippen molar-refractivity contribution in [2.75, 3.05) is 4.72 Å². The van der Waals surface area contributed by atoms with E-state index in [1.54, 1.807) is 25.1 Å². The second kappa shape index (κ2) is 7.58. The maximum atomic E-state index is 13.6. The molecule has 7 nitrogen and oxygen atoms in total. The number of benzene rings is 2. The molecule has 9 heteroatoms. The first-order chi connectivity index (χ1) is 12.8. The summed E-state index contributed by atoms with van der Waals surface area (Å²) in [6.45, 7) is 1.62.